The number of para-hydroxylation sites is 2. The number of benzene rings is 2. The molecule has 0 saturated carbocycles. The van der Waals surface area contributed by atoms with Gasteiger partial charge in [-0.1, -0.05) is 30.3 Å². The van der Waals surface area contributed by atoms with Gasteiger partial charge in [0.2, 0.25) is 5.91 Å². The molecule has 1 N–H and O–H groups in total. The quantitative estimate of drug-likeness (QED) is 0.741. The van der Waals surface area contributed by atoms with Crippen LogP contribution in [0.4, 0.5) is 11.4 Å². The van der Waals surface area contributed by atoms with E-state index in [4.69, 9.17) is 4.74 Å². The normalized spacial score (nSPS) is 14.4. The summed E-state index contributed by atoms with van der Waals surface area (Å²) in [5.41, 5.74) is 3.34. The van der Waals surface area contributed by atoms with Gasteiger partial charge in [-0.3, -0.25) is 9.69 Å². The maximum Gasteiger partial charge on any atom is 0.238 e. The van der Waals surface area contributed by atoms with Crippen LogP contribution >= 0.6 is 11.8 Å². The van der Waals surface area contributed by atoms with Gasteiger partial charge in [-0.2, -0.15) is 0 Å². The number of hydrogen-bond donors (Lipinski definition) is 1. The van der Waals surface area contributed by atoms with E-state index in [0.717, 1.165) is 43.4 Å². The lowest BCUT2D eigenvalue weighted by molar-refractivity contribution is -0.117. The summed E-state index contributed by atoms with van der Waals surface area (Å²) in [5.74, 6) is 0.00264. The highest BCUT2D eigenvalue weighted by Crippen LogP contribution is 2.25. The summed E-state index contributed by atoms with van der Waals surface area (Å²) in [6.07, 6.45) is 2.01. The molecule has 1 fully saturated rings. The first kappa shape index (κ1) is 19.7. The molecule has 1 aliphatic heterocycles. The van der Waals surface area contributed by atoms with Crippen LogP contribution < -0.4 is 10.2 Å². The first-order valence-corrected chi connectivity index (χ1v) is 10.4. The summed E-state index contributed by atoms with van der Waals surface area (Å²) in [5, 5.41) is 3.03. The van der Waals surface area contributed by atoms with Gasteiger partial charge in [0.05, 0.1) is 25.4 Å². The lowest BCUT2D eigenvalue weighted by atomic mass is 10.1. The number of nitrogens with one attached hydrogen (secondary N) is 1. The SMILES string of the molecule is CSc1ccccc1NC(=O)CN(C)Cc1ccccc1N1CCOCC1. The molecule has 0 radical (unpaired) electrons. The Balaban J connectivity index is 1.60. The second-order valence-corrected chi connectivity index (χ2v) is 7.50. The topological polar surface area (TPSA) is 44.8 Å². The number of thioether (sulfide) groups is 1. The van der Waals surface area contributed by atoms with Crippen LogP contribution in [0.3, 0.4) is 0 Å². The van der Waals surface area contributed by atoms with Crippen molar-refractivity contribution in [1.82, 2.24) is 4.90 Å². The van der Waals surface area contributed by atoms with Crippen LogP contribution in [0, 0.1) is 0 Å². The molecular weight excluding hydrogens is 358 g/mol. The van der Waals surface area contributed by atoms with Crippen molar-refractivity contribution >= 4 is 29.0 Å². The number of hydrogen-bond acceptors (Lipinski definition) is 5. The number of likely N-dealkylation sites (N-methyl/N-ethyl adjacent to an activating group) is 1. The third-order valence-electron chi connectivity index (χ3n) is 4.58. The molecule has 0 bridgehead atoms. The summed E-state index contributed by atoms with van der Waals surface area (Å²) in [7, 11) is 1.98. The third-order valence-corrected chi connectivity index (χ3v) is 5.37. The zero-order valence-corrected chi connectivity index (χ0v) is 16.8. The van der Waals surface area contributed by atoms with Crippen LogP contribution in [-0.4, -0.2) is 57.0 Å². The molecule has 1 saturated heterocycles. The van der Waals surface area contributed by atoms with E-state index in [9.17, 15) is 4.79 Å². The predicted molar refractivity (Wildman–Crippen MR) is 113 cm³/mol. The monoisotopic (exact) mass is 385 g/mol. The highest BCUT2D eigenvalue weighted by molar-refractivity contribution is 7.98. The summed E-state index contributed by atoms with van der Waals surface area (Å²) >= 11 is 1.63. The van der Waals surface area contributed by atoms with Crippen LogP contribution in [0.25, 0.3) is 0 Å². The lowest BCUT2D eigenvalue weighted by Gasteiger charge is -2.31. The van der Waals surface area contributed by atoms with E-state index in [2.05, 4.69) is 39.4 Å². The fourth-order valence-corrected chi connectivity index (χ4v) is 3.84. The van der Waals surface area contributed by atoms with Gasteiger partial charge in [-0.15, -0.1) is 11.8 Å². The summed E-state index contributed by atoms with van der Waals surface area (Å²) in [6, 6.07) is 16.3. The van der Waals surface area contributed by atoms with Crippen LogP contribution in [0.5, 0.6) is 0 Å². The van der Waals surface area contributed by atoms with Crippen molar-refractivity contribution < 1.29 is 9.53 Å². The zero-order chi connectivity index (χ0) is 19.1. The van der Waals surface area contributed by atoms with Gasteiger partial charge in [0, 0.05) is 30.2 Å². The van der Waals surface area contributed by atoms with Gasteiger partial charge < -0.3 is 15.0 Å². The van der Waals surface area contributed by atoms with Crippen molar-refractivity contribution in [2.45, 2.75) is 11.4 Å². The van der Waals surface area contributed by atoms with Crippen molar-refractivity contribution in [3.05, 3.63) is 54.1 Å². The Morgan fingerprint density at radius 2 is 1.85 bits per heavy atom. The van der Waals surface area contributed by atoms with Gasteiger partial charge in [0.1, 0.15) is 0 Å². The van der Waals surface area contributed by atoms with E-state index in [1.165, 1.54) is 11.3 Å². The zero-order valence-electron chi connectivity index (χ0n) is 16.0. The highest BCUT2D eigenvalue weighted by Gasteiger charge is 2.16. The van der Waals surface area contributed by atoms with Crippen molar-refractivity contribution in [1.29, 1.82) is 0 Å². The Morgan fingerprint density at radius 3 is 2.63 bits per heavy atom. The number of ether oxygens (including phenoxy) is 1. The molecule has 3 rings (SSSR count). The Labute approximate surface area is 165 Å². The first-order valence-electron chi connectivity index (χ1n) is 9.19. The number of rotatable bonds is 7. The highest BCUT2D eigenvalue weighted by atomic mass is 32.2. The van der Waals surface area contributed by atoms with Crippen molar-refractivity contribution in [3.63, 3.8) is 0 Å². The molecule has 5 nitrogen and oxygen atoms in total. The molecule has 27 heavy (non-hydrogen) atoms. The van der Waals surface area contributed by atoms with Gasteiger partial charge in [-0.25, -0.2) is 0 Å². The first-order chi connectivity index (χ1) is 13.2. The minimum absolute atomic E-state index is 0.00264. The van der Waals surface area contributed by atoms with Crippen LogP contribution in [0.1, 0.15) is 5.56 Å². The minimum Gasteiger partial charge on any atom is -0.378 e. The Bertz CT molecular complexity index is 763. The summed E-state index contributed by atoms with van der Waals surface area (Å²) in [6.45, 7) is 4.42. The lowest BCUT2D eigenvalue weighted by Crippen LogP contribution is -2.37. The van der Waals surface area contributed by atoms with Gasteiger partial charge in [0.15, 0.2) is 0 Å². The Hall–Kier alpha value is -2.02. The smallest absolute Gasteiger partial charge is 0.238 e. The van der Waals surface area contributed by atoms with E-state index in [0.29, 0.717) is 6.54 Å². The predicted octanol–water partition coefficient (Wildman–Crippen LogP) is 3.32. The van der Waals surface area contributed by atoms with E-state index >= 15 is 0 Å². The second-order valence-electron chi connectivity index (χ2n) is 6.65. The molecule has 0 aliphatic carbocycles. The number of carbonyl (C=O) groups excluding carboxylic acids is 1. The van der Waals surface area contributed by atoms with E-state index in [1.54, 1.807) is 11.8 Å². The molecule has 1 amide bonds. The third kappa shape index (κ3) is 5.48. The van der Waals surface area contributed by atoms with Crippen molar-refractivity contribution in [2.75, 3.05) is 56.4 Å². The Morgan fingerprint density at radius 1 is 1.15 bits per heavy atom. The van der Waals surface area contributed by atoms with E-state index in [-0.39, 0.29) is 5.91 Å². The molecule has 144 valence electrons. The number of morpholine rings is 1. The largest absolute Gasteiger partial charge is 0.378 e. The molecule has 0 aromatic heterocycles. The molecule has 1 aliphatic rings. The van der Waals surface area contributed by atoms with Crippen molar-refractivity contribution in [2.24, 2.45) is 0 Å². The molecule has 0 atom stereocenters. The number of carbonyl (C=O) groups is 1. The molecule has 6 heteroatoms. The standard InChI is InChI=1S/C21H27N3O2S/c1-23(16-21(25)22-18-8-4-6-10-20(18)27-2)15-17-7-3-5-9-19(17)24-11-13-26-14-12-24/h3-10H,11-16H2,1-2H3,(H,22,25). The summed E-state index contributed by atoms with van der Waals surface area (Å²) in [4.78, 5) is 18.0. The molecule has 2 aromatic carbocycles. The van der Waals surface area contributed by atoms with Crippen LogP contribution in [0.2, 0.25) is 0 Å². The fourth-order valence-electron chi connectivity index (χ4n) is 3.29. The maximum atomic E-state index is 12.5. The number of amides is 1. The molecule has 0 unspecified atom stereocenters. The van der Waals surface area contributed by atoms with Gasteiger partial charge in [-0.05, 0) is 37.1 Å². The molecule has 0 spiro atoms. The molecule has 1 heterocycles. The number of anilines is 2. The average molecular weight is 386 g/mol. The van der Waals surface area contributed by atoms with Gasteiger partial charge in [0.25, 0.3) is 0 Å². The second kappa shape index (κ2) is 9.78. The van der Waals surface area contributed by atoms with Crippen LogP contribution in [0.15, 0.2) is 53.4 Å². The van der Waals surface area contributed by atoms with Crippen molar-refractivity contribution in [3.8, 4) is 0 Å². The fraction of sp³-hybridized carbons (Fsp3) is 0.381. The summed E-state index contributed by atoms with van der Waals surface area (Å²) < 4.78 is 5.46. The van der Waals surface area contributed by atoms with E-state index < -0.39 is 0 Å². The molecular formula is C21H27N3O2S. The Kier molecular flexibility index (Phi) is 7.15. The maximum absolute atomic E-state index is 12.5. The molecule has 2 aromatic rings. The number of nitrogens with zero attached hydrogens (tertiary/aromatic N) is 2. The minimum atomic E-state index is 0.00264. The average Bonchev–Trinajstić information content (AvgIpc) is 2.69. The van der Waals surface area contributed by atoms with Gasteiger partial charge >= 0.3 is 0 Å². The van der Waals surface area contributed by atoms with E-state index in [1.807, 2.05) is 37.6 Å². The van der Waals surface area contributed by atoms with Crippen LogP contribution in [-0.2, 0) is 16.1 Å².